The molecule has 1 aliphatic carbocycles. The van der Waals surface area contributed by atoms with Crippen molar-refractivity contribution in [2.45, 2.75) is 51.6 Å². The zero-order valence-electron chi connectivity index (χ0n) is 10.3. The molecule has 1 aliphatic rings. The molecule has 1 aromatic rings. The Labute approximate surface area is 111 Å². The van der Waals surface area contributed by atoms with Crippen molar-refractivity contribution in [1.82, 2.24) is 9.78 Å². The Morgan fingerprint density at radius 2 is 2.35 bits per heavy atom. The van der Waals surface area contributed by atoms with Crippen molar-refractivity contribution in [3.8, 4) is 0 Å². The van der Waals surface area contributed by atoms with Crippen LogP contribution in [0.15, 0.2) is 16.7 Å². The van der Waals surface area contributed by atoms with Gasteiger partial charge in [0, 0.05) is 12.6 Å². The summed E-state index contributed by atoms with van der Waals surface area (Å²) in [5.41, 5.74) is 8.66. The lowest BCUT2D eigenvalue weighted by Crippen LogP contribution is -2.16. The molecule has 1 atom stereocenters. The maximum absolute atomic E-state index is 6.08. The van der Waals surface area contributed by atoms with Crippen LogP contribution in [0.1, 0.15) is 44.7 Å². The number of rotatable bonds is 3. The Kier molecular flexibility index (Phi) is 4.40. The Morgan fingerprint density at radius 3 is 3.12 bits per heavy atom. The molecule has 3 nitrogen and oxygen atoms in total. The van der Waals surface area contributed by atoms with Crippen molar-refractivity contribution in [3.05, 3.63) is 22.4 Å². The SMILES string of the molecule is CCCn1ncc(Br)c1C1=CC(N)CCCC1. The monoisotopic (exact) mass is 297 g/mol. The van der Waals surface area contributed by atoms with Crippen molar-refractivity contribution in [2.24, 2.45) is 5.73 Å². The maximum Gasteiger partial charge on any atom is 0.0781 e. The van der Waals surface area contributed by atoms with Gasteiger partial charge < -0.3 is 5.73 Å². The molecule has 4 heteroatoms. The number of allylic oxidation sites excluding steroid dienone is 1. The van der Waals surface area contributed by atoms with Crippen LogP contribution < -0.4 is 5.73 Å². The van der Waals surface area contributed by atoms with Gasteiger partial charge in [-0.25, -0.2) is 0 Å². The lowest BCUT2D eigenvalue weighted by atomic mass is 10.1. The van der Waals surface area contributed by atoms with Gasteiger partial charge in [0.15, 0.2) is 0 Å². The fraction of sp³-hybridized carbons (Fsp3) is 0.615. The van der Waals surface area contributed by atoms with E-state index in [1.165, 1.54) is 24.1 Å². The number of aromatic nitrogens is 2. The van der Waals surface area contributed by atoms with Crippen LogP contribution in [0.4, 0.5) is 0 Å². The predicted octanol–water partition coefficient (Wildman–Crippen LogP) is 3.34. The van der Waals surface area contributed by atoms with Crippen molar-refractivity contribution >= 4 is 21.5 Å². The van der Waals surface area contributed by atoms with Gasteiger partial charge in [-0.2, -0.15) is 5.10 Å². The van der Waals surface area contributed by atoms with Gasteiger partial charge in [0.2, 0.25) is 0 Å². The number of aryl methyl sites for hydroxylation is 1. The number of nitrogens with zero attached hydrogens (tertiary/aromatic N) is 2. The second-order valence-electron chi connectivity index (χ2n) is 4.67. The van der Waals surface area contributed by atoms with E-state index in [1.807, 2.05) is 6.20 Å². The van der Waals surface area contributed by atoms with Crippen LogP contribution in [0, 0.1) is 0 Å². The highest BCUT2D eigenvalue weighted by Gasteiger charge is 2.16. The summed E-state index contributed by atoms with van der Waals surface area (Å²) in [7, 11) is 0. The third-order valence-electron chi connectivity index (χ3n) is 3.18. The van der Waals surface area contributed by atoms with E-state index in [0.29, 0.717) is 0 Å². The molecule has 0 fully saturated rings. The first-order valence-electron chi connectivity index (χ1n) is 6.40. The maximum atomic E-state index is 6.08. The summed E-state index contributed by atoms with van der Waals surface area (Å²) in [6.45, 7) is 3.14. The molecule has 0 aromatic carbocycles. The van der Waals surface area contributed by atoms with Gasteiger partial charge in [0.25, 0.3) is 0 Å². The molecule has 2 N–H and O–H groups in total. The minimum Gasteiger partial charge on any atom is -0.324 e. The molecule has 0 saturated heterocycles. The standard InChI is InChI=1S/C13H20BrN3/c1-2-7-17-13(12(14)9-16-17)10-5-3-4-6-11(15)8-10/h8-9,11H,2-7,15H2,1H3. The molecule has 0 radical (unpaired) electrons. The summed E-state index contributed by atoms with van der Waals surface area (Å²) in [5.74, 6) is 0. The molecule has 1 heterocycles. The molecule has 17 heavy (non-hydrogen) atoms. The van der Waals surface area contributed by atoms with E-state index in [0.717, 1.165) is 30.3 Å². The smallest absolute Gasteiger partial charge is 0.0781 e. The summed E-state index contributed by atoms with van der Waals surface area (Å²) >= 11 is 3.60. The molecular formula is C13H20BrN3. The topological polar surface area (TPSA) is 43.8 Å². The minimum atomic E-state index is 0.198. The molecule has 2 rings (SSSR count). The number of halogens is 1. The van der Waals surface area contributed by atoms with Gasteiger partial charge in [-0.3, -0.25) is 4.68 Å². The lowest BCUT2D eigenvalue weighted by molar-refractivity contribution is 0.593. The summed E-state index contributed by atoms with van der Waals surface area (Å²) in [5, 5.41) is 4.42. The van der Waals surface area contributed by atoms with Gasteiger partial charge in [-0.05, 0) is 47.2 Å². The largest absolute Gasteiger partial charge is 0.324 e. The van der Waals surface area contributed by atoms with E-state index in [1.54, 1.807) is 0 Å². The van der Waals surface area contributed by atoms with Crippen molar-refractivity contribution in [3.63, 3.8) is 0 Å². The summed E-state index contributed by atoms with van der Waals surface area (Å²) in [4.78, 5) is 0. The molecule has 0 aliphatic heterocycles. The first kappa shape index (κ1) is 12.8. The third kappa shape index (κ3) is 2.99. The first-order valence-corrected chi connectivity index (χ1v) is 7.19. The second-order valence-corrected chi connectivity index (χ2v) is 5.52. The Bertz CT molecular complexity index is 409. The fourth-order valence-corrected chi connectivity index (χ4v) is 2.93. The Morgan fingerprint density at radius 1 is 1.53 bits per heavy atom. The van der Waals surface area contributed by atoms with E-state index in [9.17, 15) is 0 Å². The third-order valence-corrected chi connectivity index (χ3v) is 3.76. The summed E-state index contributed by atoms with van der Waals surface area (Å²) in [6.07, 6.45) is 9.87. The fourth-order valence-electron chi connectivity index (χ4n) is 2.38. The number of nitrogens with two attached hydrogens (primary N) is 1. The van der Waals surface area contributed by atoms with Crippen LogP contribution in [0.5, 0.6) is 0 Å². The van der Waals surface area contributed by atoms with Gasteiger partial charge >= 0.3 is 0 Å². The van der Waals surface area contributed by atoms with E-state index in [4.69, 9.17) is 5.73 Å². The average molecular weight is 298 g/mol. The number of hydrogen-bond donors (Lipinski definition) is 1. The molecule has 1 unspecified atom stereocenters. The van der Waals surface area contributed by atoms with E-state index < -0.39 is 0 Å². The molecule has 0 amide bonds. The van der Waals surface area contributed by atoms with Crippen molar-refractivity contribution in [2.75, 3.05) is 0 Å². The number of hydrogen-bond acceptors (Lipinski definition) is 2. The molecule has 0 spiro atoms. The Balaban J connectivity index is 2.34. The quantitative estimate of drug-likeness (QED) is 0.930. The van der Waals surface area contributed by atoms with Gasteiger partial charge in [-0.15, -0.1) is 0 Å². The van der Waals surface area contributed by atoms with Crippen molar-refractivity contribution < 1.29 is 0 Å². The Hall–Kier alpha value is -0.610. The molecule has 1 aromatic heterocycles. The second kappa shape index (κ2) is 5.83. The highest BCUT2D eigenvalue weighted by Crippen LogP contribution is 2.30. The van der Waals surface area contributed by atoms with E-state index in [-0.39, 0.29) is 6.04 Å². The predicted molar refractivity (Wildman–Crippen MR) is 74.6 cm³/mol. The van der Waals surface area contributed by atoms with Gasteiger partial charge in [0.05, 0.1) is 16.4 Å². The zero-order chi connectivity index (χ0) is 12.3. The van der Waals surface area contributed by atoms with Crippen LogP contribution in [-0.2, 0) is 6.54 Å². The van der Waals surface area contributed by atoms with Crippen LogP contribution in [0.2, 0.25) is 0 Å². The van der Waals surface area contributed by atoms with Crippen LogP contribution in [0.25, 0.3) is 5.57 Å². The molecule has 94 valence electrons. The summed E-state index contributed by atoms with van der Waals surface area (Å²) < 4.78 is 3.18. The minimum absolute atomic E-state index is 0.198. The van der Waals surface area contributed by atoms with Crippen LogP contribution in [0.3, 0.4) is 0 Å². The molecule has 0 saturated carbocycles. The zero-order valence-corrected chi connectivity index (χ0v) is 11.9. The average Bonchev–Trinajstić information content (AvgIpc) is 2.52. The molecule has 0 bridgehead atoms. The highest BCUT2D eigenvalue weighted by atomic mass is 79.9. The van der Waals surface area contributed by atoms with Crippen LogP contribution >= 0.6 is 15.9 Å². The molecular weight excluding hydrogens is 278 g/mol. The van der Waals surface area contributed by atoms with Gasteiger partial charge in [-0.1, -0.05) is 19.4 Å². The van der Waals surface area contributed by atoms with Crippen LogP contribution in [-0.4, -0.2) is 15.8 Å². The van der Waals surface area contributed by atoms with E-state index in [2.05, 4.69) is 38.7 Å². The first-order chi connectivity index (χ1) is 8.22. The van der Waals surface area contributed by atoms with E-state index >= 15 is 0 Å². The summed E-state index contributed by atoms with van der Waals surface area (Å²) in [6, 6.07) is 0.198. The highest BCUT2D eigenvalue weighted by molar-refractivity contribution is 9.10. The lowest BCUT2D eigenvalue weighted by Gasteiger charge is -2.11. The van der Waals surface area contributed by atoms with Crippen molar-refractivity contribution in [1.29, 1.82) is 0 Å². The normalized spacial score (nSPS) is 21.1. The van der Waals surface area contributed by atoms with Gasteiger partial charge in [0.1, 0.15) is 0 Å².